The third-order valence-electron chi connectivity index (χ3n) is 4.96. The summed E-state index contributed by atoms with van der Waals surface area (Å²) in [7, 11) is 3.90. The molecule has 1 aliphatic heterocycles. The number of piperidine rings is 1. The average molecular weight is 441 g/mol. The number of methoxy groups -OCH3 is 1. The van der Waals surface area contributed by atoms with E-state index in [0.29, 0.717) is 11.4 Å². The number of carbonyl (C=O) groups is 1. The second kappa shape index (κ2) is 11.5. The van der Waals surface area contributed by atoms with E-state index < -0.39 is 34.2 Å². The Morgan fingerprint density at radius 3 is 2.25 bits per heavy atom. The monoisotopic (exact) mass is 441 g/mol. The quantitative estimate of drug-likeness (QED) is 0.481. The normalized spacial score (nSPS) is 13.4. The number of nitrogens with zero attached hydrogens (tertiary/aromatic N) is 3. The fourth-order valence-electron chi connectivity index (χ4n) is 3.04. The number of carbonyl (C=O) groups excluding carboxylic acids is 1. The van der Waals surface area contributed by atoms with Crippen molar-refractivity contribution in [3.8, 4) is 17.7 Å². The van der Waals surface area contributed by atoms with Gasteiger partial charge >= 0.3 is 5.69 Å². The maximum atomic E-state index is 12.2. The highest BCUT2D eigenvalue weighted by atomic mass is 16.5. The fourth-order valence-corrected chi connectivity index (χ4v) is 3.04. The Bertz CT molecular complexity index is 1120. The third-order valence-corrected chi connectivity index (χ3v) is 4.96. The van der Waals surface area contributed by atoms with Gasteiger partial charge in [-0.1, -0.05) is 0 Å². The van der Waals surface area contributed by atoms with Gasteiger partial charge in [-0.3, -0.25) is 14.2 Å². The number of aromatic nitrogens is 2. The minimum Gasteiger partial charge on any atom is -0.859 e. The van der Waals surface area contributed by atoms with Crippen LogP contribution in [-0.4, -0.2) is 35.2 Å². The first kappa shape index (κ1) is 24.4. The van der Waals surface area contributed by atoms with Crippen LogP contribution in [0.5, 0.6) is 11.6 Å². The van der Waals surface area contributed by atoms with Crippen molar-refractivity contribution in [2.45, 2.75) is 19.3 Å². The minimum atomic E-state index is -0.886. The van der Waals surface area contributed by atoms with Gasteiger partial charge in [-0.15, -0.1) is 0 Å². The zero-order valence-corrected chi connectivity index (χ0v) is 18.4. The molecule has 170 valence electrons. The molecule has 10 heteroatoms. The van der Waals surface area contributed by atoms with Gasteiger partial charge in [0.2, 0.25) is 0 Å². The zero-order valence-electron chi connectivity index (χ0n) is 18.4. The predicted molar refractivity (Wildman–Crippen MR) is 117 cm³/mol. The van der Waals surface area contributed by atoms with E-state index in [-0.39, 0.29) is 0 Å². The Morgan fingerprint density at radius 2 is 1.78 bits per heavy atom. The molecule has 0 radical (unpaired) electrons. The Morgan fingerprint density at radius 1 is 1.16 bits per heavy atom. The molecule has 3 rings (SSSR count). The van der Waals surface area contributed by atoms with Crippen LogP contribution in [0.15, 0.2) is 39.4 Å². The van der Waals surface area contributed by atoms with Gasteiger partial charge in [0.1, 0.15) is 17.4 Å². The number of hydrogen-bond acceptors (Lipinski definition) is 6. The molecule has 0 bridgehead atoms. The molecule has 1 fully saturated rings. The molecule has 0 unspecified atom stereocenters. The van der Waals surface area contributed by atoms with Crippen molar-refractivity contribution in [3.05, 3.63) is 56.2 Å². The number of hydrogen-bond donors (Lipinski definition) is 2. The van der Waals surface area contributed by atoms with E-state index in [2.05, 4.69) is 10.6 Å². The fraction of sp³-hybridized carbons (Fsp3) is 0.364. The van der Waals surface area contributed by atoms with Crippen LogP contribution in [0.3, 0.4) is 0 Å². The molecule has 1 amide bonds. The molecule has 0 saturated carbocycles. The summed E-state index contributed by atoms with van der Waals surface area (Å²) in [4.78, 5) is 36.1. The van der Waals surface area contributed by atoms with Crippen molar-refractivity contribution in [3.63, 3.8) is 0 Å². The SMILES string of the molecule is C1CC[NH2+]CC1.COc1ccc(NC(=O)/C(C#N)=C/c2c([O-])n(C)c(=O)n(C)c2=O)cc1. The summed E-state index contributed by atoms with van der Waals surface area (Å²) < 4.78 is 6.46. The number of benzene rings is 1. The topological polar surface area (TPSA) is 146 Å². The molecule has 0 atom stereocenters. The number of anilines is 1. The van der Waals surface area contributed by atoms with E-state index in [0.717, 1.165) is 15.2 Å². The Kier molecular flexibility index (Phi) is 8.80. The summed E-state index contributed by atoms with van der Waals surface area (Å²) in [5.41, 5.74) is -2.18. The van der Waals surface area contributed by atoms with E-state index in [9.17, 15) is 24.8 Å². The smallest absolute Gasteiger partial charge is 0.329 e. The molecule has 0 spiro atoms. The van der Waals surface area contributed by atoms with Gasteiger partial charge in [0.15, 0.2) is 0 Å². The van der Waals surface area contributed by atoms with E-state index in [1.54, 1.807) is 30.3 Å². The van der Waals surface area contributed by atoms with Crippen molar-refractivity contribution in [2.24, 2.45) is 14.1 Å². The predicted octanol–water partition coefficient (Wildman–Crippen LogP) is -0.554. The number of rotatable bonds is 4. The minimum absolute atomic E-state index is 0.396. The molecule has 32 heavy (non-hydrogen) atoms. The lowest BCUT2D eigenvalue weighted by atomic mass is 10.1. The highest BCUT2D eigenvalue weighted by Gasteiger charge is 2.14. The van der Waals surface area contributed by atoms with Crippen LogP contribution in [-0.2, 0) is 18.9 Å². The van der Waals surface area contributed by atoms with Gasteiger partial charge in [-0.2, -0.15) is 5.26 Å². The van der Waals surface area contributed by atoms with Gasteiger partial charge in [-0.05, 0) is 55.5 Å². The van der Waals surface area contributed by atoms with Crippen LogP contribution in [0.25, 0.3) is 6.08 Å². The number of nitrogens with one attached hydrogen (secondary N) is 1. The van der Waals surface area contributed by atoms with Gasteiger partial charge in [-0.25, -0.2) is 4.79 Å². The summed E-state index contributed by atoms with van der Waals surface area (Å²) in [5.74, 6) is -1.10. The molecule has 3 N–H and O–H groups in total. The van der Waals surface area contributed by atoms with Crippen molar-refractivity contribution < 1.29 is 20.0 Å². The molecule has 2 aromatic rings. The second-order valence-corrected chi connectivity index (χ2v) is 7.20. The van der Waals surface area contributed by atoms with Gasteiger partial charge < -0.3 is 25.0 Å². The number of quaternary nitrogens is 1. The van der Waals surface area contributed by atoms with Gasteiger partial charge in [0.25, 0.3) is 11.5 Å². The first-order valence-corrected chi connectivity index (χ1v) is 10.2. The standard InChI is InChI=1S/C17H16N4O5.C5H11N/c1-20-15(23)13(16(24)21(2)17(20)25)8-10(9-18)14(22)19-11-4-6-12(26-3)7-5-11;1-2-4-6-5-3-1/h4-8,23H,1-3H3,(H,19,22);6H,1-5H2/b10-8+;. The maximum Gasteiger partial charge on any atom is 0.329 e. The molecule has 1 aliphatic rings. The molecule has 10 nitrogen and oxygen atoms in total. The summed E-state index contributed by atoms with van der Waals surface area (Å²) >= 11 is 0. The zero-order chi connectivity index (χ0) is 23.7. The molecular weight excluding hydrogens is 414 g/mol. The molecule has 1 aromatic heterocycles. The molecule has 1 saturated heterocycles. The van der Waals surface area contributed by atoms with E-state index in [1.165, 1.54) is 53.6 Å². The lowest BCUT2D eigenvalue weighted by Crippen LogP contribution is -2.85. The van der Waals surface area contributed by atoms with Crippen molar-refractivity contribution >= 4 is 17.7 Å². The largest absolute Gasteiger partial charge is 0.859 e. The van der Waals surface area contributed by atoms with E-state index >= 15 is 0 Å². The van der Waals surface area contributed by atoms with Crippen LogP contribution >= 0.6 is 0 Å². The summed E-state index contributed by atoms with van der Waals surface area (Å²) in [6.45, 7) is 2.75. The average Bonchev–Trinajstić information content (AvgIpc) is 2.83. The van der Waals surface area contributed by atoms with Crippen LogP contribution < -0.4 is 31.7 Å². The van der Waals surface area contributed by atoms with Gasteiger partial charge in [0, 0.05) is 19.8 Å². The molecule has 2 heterocycles. The highest BCUT2D eigenvalue weighted by Crippen LogP contribution is 2.16. The summed E-state index contributed by atoms with van der Waals surface area (Å²) in [5, 5.41) is 26.2. The molecule has 0 aliphatic carbocycles. The summed E-state index contributed by atoms with van der Waals surface area (Å²) in [6.07, 6.45) is 5.24. The van der Waals surface area contributed by atoms with Crippen LogP contribution in [0.1, 0.15) is 24.8 Å². The van der Waals surface area contributed by atoms with E-state index in [4.69, 9.17) is 4.74 Å². The van der Waals surface area contributed by atoms with Crippen LogP contribution in [0.2, 0.25) is 0 Å². The Labute approximate surface area is 185 Å². The summed E-state index contributed by atoms with van der Waals surface area (Å²) in [6, 6.07) is 8.01. The maximum absolute atomic E-state index is 12.2. The number of nitriles is 1. The lowest BCUT2D eigenvalue weighted by molar-refractivity contribution is -0.662. The van der Waals surface area contributed by atoms with Crippen molar-refractivity contribution in [1.29, 1.82) is 5.26 Å². The number of amides is 1. The highest BCUT2D eigenvalue weighted by molar-refractivity contribution is 6.09. The Hall–Kier alpha value is -3.84. The van der Waals surface area contributed by atoms with Crippen molar-refractivity contribution in [2.75, 3.05) is 25.5 Å². The molecular formula is C22H27N5O5. The van der Waals surface area contributed by atoms with E-state index in [1.807, 2.05) is 0 Å². The Balaban J connectivity index is 0.000000520. The first-order valence-electron chi connectivity index (χ1n) is 10.2. The number of nitrogens with two attached hydrogens (primary N) is 1. The lowest BCUT2D eigenvalue weighted by Gasteiger charge is -2.16. The molecule has 1 aromatic carbocycles. The number of ether oxygens (including phenoxy) is 1. The van der Waals surface area contributed by atoms with Crippen molar-refractivity contribution in [1.82, 2.24) is 9.13 Å². The van der Waals surface area contributed by atoms with Crippen LogP contribution in [0.4, 0.5) is 5.69 Å². The third kappa shape index (κ3) is 6.09. The van der Waals surface area contributed by atoms with Gasteiger partial charge in [0.05, 0.1) is 25.8 Å². The second-order valence-electron chi connectivity index (χ2n) is 7.20. The first-order chi connectivity index (χ1) is 15.3. The van der Waals surface area contributed by atoms with Crippen LogP contribution in [0, 0.1) is 11.3 Å².